The van der Waals surface area contributed by atoms with Crippen LogP contribution < -0.4 is 10.2 Å². The molecule has 2 aromatic rings. The molecule has 7 heteroatoms. The first kappa shape index (κ1) is 21.4. The van der Waals surface area contributed by atoms with Gasteiger partial charge in [-0.2, -0.15) is 0 Å². The van der Waals surface area contributed by atoms with E-state index >= 15 is 0 Å². The first-order valence-corrected chi connectivity index (χ1v) is 9.38. The average Bonchev–Trinajstić information content (AvgIpc) is 2.72. The van der Waals surface area contributed by atoms with Crippen LogP contribution in [0.15, 0.2) is 53.8 Å². The van der Waals surface area contributed by atoms with E-state index in [-0.39, 0.29) is 24.0 Å². The number of rotatable bonds is 5. The van der Waals surface area contributed by atoms with Gasteiger partial charge in [-0.25, -0.2) is 9.97 Å². The number of anilines is 1. The van der Waals surface area contributed by atoms with E-state index in [4.69, 9.17) is 4.99 Å². The number of hydrogen-bond donors (Lipinski definition) is 1. The third-order valence-electron chi connectivity index (χ3n) is 4.63. The van der Waals surface area contributed by atoms with E-state index < -0.39 is 0 Å². The molecular formula is C20H29IN6. The number of aliphatic imine (C=N–C) groups is 1. The van der Waals surface area contributed by atoms with E-state index in [1.54, 1.807) is 12.4 Å². The maximum absolute atomic E-state index is 4.89. The zero-order chi connectivity index (χ0) is 18.2. The Hall–Kier alpha value is -1.90. The van der Waals surface area contributed by atoms with Crippen LogP contribution in [0.5, 0.6) is 0 Å². The summed E-state index contributed by atoms with van der Waals surface area (Å²) < 4.78 is 0. The van der Waals surface area contributed by atoms with E-state index in [1.165, 1.54) is 5.56 Å². The summed E-state index contributed by atoms with van der Waals surface area (Å²) in [4.78, 5) is 18.2. The molecule has 0 amide bonds. The van der Waals surface area contributed by atoms with Crippen LogP contribution in [0.4, 0.5) is 5.95 Å². The quantitative estimate of drug-likeness (QED) is 0.405. The van der Waals surface area contributed by atoms with Crippen molar-refractivity contribution in [1.29, 1.82) is 0 Å². The predicted molar refractivity (Wildman–Crippen MR) is 122 cm³/mol. The SMILES string of the molecule is CCNC(=NCC(C)c1ccccc1)N1CCN(c2ncccn2)CC1.I. The van der Waals surface area contributed by atoms with Crippen LogP contribution in [0.2, 0.25) is 0 Å². The van der Waals surface area contributed by atoms with Crippen LogP contribution in [-0.4, -0.2) is 60.1 Å². The molecule has 27 heavy (non-hydrogen) atoms. The Kier molecular flexibility index (Phi) is 8.77. The molecule has 2 heterocycles. The summed E-state index contributed by atoms with van der Waals surface area (Å²) in [6, 6.07) is 12.4. The Bertz CT molecular complexity index is 686. The Labute approximate surface area is 179 Å². The van der Waals surface area contributed by atoms with Crippen molar-refractivity contribution in [2.75, 3.05) is 44.2 Å². The number of guanidine groups is 1. The lowest BCUT2D eigenvalue weighted by Crippen LogP contribution is -2.53. The maximum Gasteiger partial charge on any atom is 0.225 e. The summed E-state index contributed by atoms with van der Waals surface area (Å²) in [5, 5.41) is 3.44. The van der Waals surface area contributed by atoms with Crippen LogP contribution >= 0.6 is 24.0 Å². The van der Waals surface area contributed by atoms with E-state index in [9.17, 15) is 0 Å². The van der Waals surface area contributed by atoms with Gasteiger partial charge < -0.3 is 15.1 Å². The van der Waals surface area contributed by atoms with E-state index in [0.29, 0.717) is 5.92 Å². The third kappa shape index (κ3) is 6.05. The van der Waals surface area contributed by atoms with Gasteiger partial charge >= 0.3 is 0 Å². The maximum atomic E-state index is 4.89. The van der Waals surface area contributed by atoms with Crippen molar-refractivity contribution in [2.24, 2.45) is 4.99 Å². The van der Waals surface area contributed by atoms with Crippen molar-refractivity contribution < 1.29 is 0 Å². The van der Waals surface area contributed by atoms with Crippen molar-refractivity contribution in [3.63, 3.8) is 0 Å². The minimum atomic E-state index is 0. The number of benzene rings is 1. The molecule has 1 aromatic heterocycles. The Morgan fingerprint density at radius 1 is 1.07 bits per heavy atom. The highest BCUT2D eigenvalue weighted by molar-refractivity contribution is 14.0. The molecule has 1 atom stereocenters. The van der Waals surface area contributed by atoms with Gasteiger partial charge in [-0.3, -0.25) is 4.99 Å². The smallest absolute Gasteiger partial charge is 0.225 e. The van der Waals surface area contributed by atoms with Crippen molar-refractivity contribution in [3.8, 4) is 0 Å². The summed E-state index contributed by atoms with van der Waals surface area (Å²) >= 11 is 0. The van der Waals surface area contributed by atoms with E-state index in [2.05, 4.69) is 69.3 Å². The van der Waals surface area contributed by atoms with Crippen LogP contribution in [0.3, 0.4) is 0 Å². The van der Waals surface area contributed by atoms with Gasteiger partial charge in [0, 0.05) is 57.6 Å². The van der Waals surface area contributed by atoms with Gasteiger partial charge in [0.15, 0.2) is 5.96 Å². The van der Waals surface area contributed by atoms with E-state index in [0.717, 1.165) is 51.2 Å². The second-order valence-electron chi connectivity index (χ2n) is 6.53. The third-order valence-corrected chi connectivity index (χ3v) is 4.63. The van der Waals surface area contributed by atoms with Gasteiger partial charge in [-0.05, 0) is 18.6 Å². The minimum absolute atomic E-state index is 0. The molecule has 6 nitrogen and oxygen atoms in total. The van der Waals surface area contributed by atoms with Crippen LogP contribution in [0.1, 0.15) is 25.3 Å². The number of hydrogen-bond acceptors (Lipinski definition) is 4. The molecule has 1 saturated heterocycles. The zero-order valence-corrected chi connectivity index (χ0v) is 18.4. The molecule has 0 saturated carbocycles. The molecule has 146 valence electrons. The van der Waals surface area contributed by atoms with Crippen molar-refractivity contribution >= 4 is 35.9 Å². The van der Waals surface area contributed by atoms with Crippen molar-refractivity contribution in [3.05, 3.63) is 54.4 Å². The zero-order valence-electron chi connectivity index (χ0n) is 16.1. The Balaban J connectivity index is 0.00000261. The lowest BCUT2D eigenvalue weighted by Gasteiger charge is -2.36. The van der Waals surface area contributed by atoms with Crippen molar-refractivity contribution in [1.82, 2.24) is 20.2 Å². The summed E-state index contributed by atoms with van der Waals surface area (Å²) in [5.74, 6) is 2.22. The second kappa shape index (κ2) is 11.1. The standard InChI is InChI=1S/C20H28N6.HI/c1-3-21-19(24-16-17(2)18-8-5-4-6-9-18)25-12-14-26(15-13-25)20-22-10-7-11-23-20;/h4-11,17H,3,12-16H2,1-2H3,(H,21,24);1H. The summed E-state index contributed by atoms with van der Waals surface area (Å²) in [5.41, 5.74) is 1.33. The van der Waals surface area contributed by atoms with Gasteiger partial charge in [-0.15, -0.1) is 24.0 Å². The lowest BCUT2D eigenvalue weighted by molar-refractivity contribution is 0.370. The van der Waals surface area contributed by atoms with Crippen LogP contribution in [0, 0.1) is 0 Å². The molecule has 1 fully saturated rings. The first-order chi connectivity index (χ1) is 12.8. The first-order valence-electron chi connectivity index (χ1n) is 9.38. The molecule has 1 N–H and O–H groups in total. The Morgan fingerprint density at radius 3 is 2.37 bits per heavy atom. The second-order valence-corrected chi connectivity index (χ2v) is 6.53. The summed E-state index contributed by atoms with van der Waals surface area (Å²) in [6.45, 7) is 9.66. The Morgan fingerprint density at radius 2 is 1.74 bits per heavy atom. The van der Waals surface area contributed by atoms with Gasteiger partial charge in [0.05, 0.1) is 0 Å². The van der Waals surface area contributed by atoms with E-state index in [1.807, 2.05) is 6.07 Å². The topological polar surface area (TPSA) is 56.7 Å². The lowest BCUT2D eigenvalue weighted by atomic mass is 10.0. The highest BCUT2D eigenvalue weighted by Gasteiger charge is 2.21. The number of nitrogens with zero attached hydrogens (tertiary/aromatic N) is 5. The molecule has 1 aliphatic heterocycles. The summed E-state index contributed by atoms with van der Waals surface area (Å²) in [7, 11) is 0. The highest BCUT2D eigenvalue weighted by Crippen LogP contribution is 2.15. The summed E-state index contributed by atoms with van der Waals surface area (Å²) in [6.07, 6.45) is 3.59. The normalized spacial score (nSPS) is 15.9. The molecule has 0 bridgehead atoms. The number of piperazine rings is 1. The number of halogens is 1. The minimum Gasteiger partial charge on any atom is -0.357 e. The molecule has 1 aliphatic rings. The van der Waals surface area contributed by atoms with Gasteiger partial charge in [0.1, 0.15) is 0 Å². The number of nitrogens with one attached hydrogen (secondary N) is 1. The van der Waals surface area contributed by atoms with Crippen molar-refractivity contribution in [2.45, 2.75) is 19.8 Å². The van der Waals surface area contributed by atoms with Crippen LogP contribution in [0.25, 0.3) is 0 Å². The van der Waals surface area contributed by atoms with Crippen LogP contribution in [-0.2, 0) is 0 Å². The largest absolute Gasteiger partial charge is 0.357 e. The molecule has 1 unspecified atom stereocenters. The molecule has 0 aliphatic carbocycles. The molecular weight excluding hydrogens is 451 g/mol. The fourth-order valence-electron chi connectivity index (χ4n) is 3.11. The van der Waals surface area contributed by atoms with Gasteiger partial charge in [0.25, 0.3) is 0 Å². The molecule has 0 spiro atoms. The van der Waals surface area contributed by atoms with Gasteiger partial charge in [0.2, 0.25) is 5.95 Å². The average molecular weight is 480 g/mol. The number of aromatic nitrogens is 2. The fraction of sp³-hybridized carbons (Fsp3) is 0.450. The van der Waals surface area contributed by atoms with Gasteiger partial charge in [-0.1, -0.05) is 37.3 Å². The predicted octanol–water partition coefficient (Wildman–Crippen LogP) is 2.99. The highest BCUT2D eigenvalue weighted by atomic mass is 127. The molecule has 1 aromatic carbocycles. The fourth-order valence-corrected chi connectivity index (χ4v) is 3.11. The molecule has 3 rings (SSSR count). The molecule has 0 radical (unpaired) electrons. The monoisotopic (exact) mass is 480 g/mol.